The summed E-state index contributed by atoms with van der Waals surface area (Å²) in [6.07, 6.45) is 2.72. The summed E-state index contributed by atoms with van der Waals surface area (Å²) in [7, 11) is 0. The van der Waals surface area contributed by atoms with Gasteiger partial charge in [0.25, 0.3) is 0 Å². The molecule has 1 atom stereocenters. The van der Waals surface area contributed by atoms with E-state index in [1.54, 1.807) is 0 Å². The SMILES string of the molecule is CCN(CC)C(CNc1cnc(C(=O)O)cn1)c1ccccc1. The summed E-state index contributed by atoms with van der Waals surface area (Å²) in [5, 5.41) is 12.1. The Hall–Kier alpha value is -2.47. The fourth-order valence-corrected chi connectivity index (χ4v) is 2.53. The third-order valence-corrected chi connectivity index (χ3v) is 3.78. The molecule has 6 heteroatoms. The second kappa shape index (κ2) is 8.24. The molecule has 1 aromatic carbocycles. The van der Waals surface area contributed by atoms with Gasteiger partial charge in [-0.1, -0.05) is 44.2 Å². The Labute approximate surface area is 136 Å². The number of benzene rings is 1. The molecular weight excluding hydrogens is 292 g/mol. The molecule has 1 aromatic heterocycles. The van der Waals surface area contributed by atoms with Crippen LogP contribution in [0.4, 0.5) is 5.82 Å². The number of rotatable bonds is 8. The average molecular weight is 314 g/mol. The number of anilines is 1. The average Bonchev–Trinajstić information content (AvgIpc) is 2.59. The molecule has 0 saturated carbocycles. The lowest BCUT2D eigenvalue weighted by molar-refractivity contribution is 0.0690. The van der Waals surface area contributed by atoms with Crippen LogP contribution in [0.2, 0.25) is 0 Å². The van der Waals surface area contributed by atoms with E-state index < -0.39 is 5.97 Å². The lowest BCUT2D eigenvalue weighted by atomic mass is 10.1. The van der Waals surface area contributed by atoms with Crippen LogP contribution in [0.15, 0.2) is 42.7 Å². The Morgan fingerprint density at radius 2 is 1.87 bits per heavy atom. The molecule has 0 aliphatic heterocycles. The van der Waals surface area contributed by atoms with Crippen LogP contribution in [0.3, 0.4) is 0 Å². The second-order valence-electron chi connectivity index (χ2n) is 5.12. The Bertz CT molecular complexity index is 612. The third-order valence-electron chi connectivity index (χ3n) is 3.78. The van der Waals surface area contributed by atoms with Crippen molar-refractivity contribution in [3.8, 4) is 0 Å². The summed E-state index contributed by atoms with van der Waals surface area (Å²) in [6, 6.07) is 10.5. The number of carboxylic acids is 1. The number of hydrogen-bond donors (Lipinski definition) is 2. The number of carboxylic acid groups (broad SMARTS) is 1. The molecule has 0 amide bonds. The van der Waals surface area contributed by atoms with Crippen molar-refractivity contribution in [2.24, 2.45) is 0 Å². The first-order valence-electron chi connectivity index (χ1n) is 7.73. The quantitative estimate of drug-likeness (QED) is 0.780. The van der Waals surface area contributed by atoms with Crippen LogP contribution in [-0.4, -0.2) is 45.6 Å². The Balaban J connectivity index is 2.10. The predicted octanol–water partition coefficient (Wildman–Crippen LogP) is 2.67. The molecule has 0 radical (unpaired) electrons. The first kappa shape index (κ1) is 16.9. The summed E-state index contributed by atoms with van der Waals surface area (Å²) in [5.74, 6) is -0.502. The number of hydrogen-bond acceptors (Lipinski definition) is 5. The highest BCUT2D eigenvalue weighted by atomic mass is 16.4. The number of nitrogens with one attached hydrogen (secondary N) is 1. The minimum atomic E-state index is -1.07. The van der Waals surface area contributed by atoms with Crippen molar-refractivity contribution in [3.05, 3.63) is 54.0 Å². The topological polar surface area (TPSA) is 78.4 Å². The molecule has 23 heavy (non-hydrogen) atoms. The summed E-state index contributed by atoms with van der Waals surface area (Å²) >= 11 is 0. The fourth-order valence-electron chi connectivity index (χ4n) is 2.53. The standard InChI is InChI=1S/C17H22N4O2/c1-3-21(4-2)15(13-8-6-5-7-9-13)11-20-16-12-18-14(10-19-16)17(22)23/h5-10,12,15H,3-4,11H2,1-2H3,(H,19,20)(H,22,23). The molecule has 0 aliphatic rings. The van der Waals surface area contributed by atoms with Gasteiger partial charge in [-0.3, -0.25) is 4.90 Å². The first-order chi connectivity index (χ1) is 11.2. The maximum absolute atomic E-state index is 10.8. The third kappa shape index (κ3) is 4.50. The molecular formula is C17H22N4O2. The van der Waals surface area contributed by atoms with Gasteiger partial charge in [0.2, 0.25) is 0 Å². The summed E-state index contributed by atoms with van der Waals surface area (Å²) < 4.78 is 0. The molecule has 0 bridgehead atoms. The molecule has 0 saturated heterocycles. The molecule has 0 fully saturated rings. The van der Waals surface area contributed by atoms with Crippen molar-refractivity contribution in [1.82, 2.24) is 14.9 Å². The Kier molecular flexibility index (Phi) is 6.05. The molecule has 0 aliphatic carbocycles. The van der Waals surface area contributed by atoms with Gasteiger partial charge in [-0.15, -0.1) is 0 Å². The van der Waals surface area contributed by atoms with Crippen LogP contribution in [0.5, 0.6) is 0 Å². The Morgan fingerprint density at radius 3 is 2.39 bits per heavy atom. The van der Waals surface area contributed by atoms with Crippen LogP contribution in [0.1, 0.15) is 35.9 Å². The van der Waals surface area contributed by atoms with E-state index in [-0.39, 0.29) is 11.7 Å². The lowest BCUT2D eigenvalue weighted by Gasteiger charge is -2.30. The van der Waals surface area contributed by atoms with Gasteiger partial charge in [-0.05, 0) is 18.7 Å². The van der Waals surface area contributed by atoms with Gasteiger partial charge in [0, 0.05) is 6.54 Å². The highest BCUT2D eigenvalue weighted by Crippen LogP contribution is 2.20. The highest BCUT2D eigenvalue weighted by molar-refractivity contribution is 5.84. The van der Waals surface area contributed by atoms with Crippen LogP contribution < -0.4 is 5.32 Å². The van der Waals surface area contributed by atoms with E-state index in [1.165, 1.54) is 18.0 Å². The minimum absolute atomic E-state index is 0.0566. The van der Waals surface area contributed by atoms with E-state index in [9.17, 15) is 4.79 Å². The number of likely N-dealkylation sites (N-methyl/N-ethyl adjacent to an activating group) is 1. The maximum atomic E-state index is 10.8. The highest BCUT2D eigenvalue weighted by Gasteiger charge is 2.17. The van der Waals surface area contributed by atoms with Crippen molar-refractivity contribution < 1.29 is 9.90 Å². The summed E-state index contributed by atoms with van der Waals surface area (Å²) in [5.41, 5.74) is 1.18. The molecule has 6 nitrogen and oxygen atoms in total. The Morgan fingerprint density at radius 1 is 1.17 bits per heavy atom. The van der Waals surface area contributed by atoms with Crippen molar-refractivity contribution in [2.45, 2.75) is 19.9 Å². The van der Waals surface area contributed by atoms with Gasteiger partial charge in [-0.2, -0.15) is 0 Å². The van der Waals surface area contributed by atoms with Crippen molar-refractivity contribution >= 4 is 11.8 Å². The molecule has 2 N–H and O–H groups in total. The van der Waals surface area contributed by atoms with Crippen LogP contribution >= 0.6 is 0 Å². The van der Waals surface area contributed by atoms with Gasteiger partial charge in [0.15, 0.2) is 5.69 Å². The zero-order chi connectivity index (χ0) is 16.7. The van der Waals surface area contributed by atoms with E-state index in [0.717, 1.165) is 13.1 Å². The van der Waals surface area contributed by atoms with E-state index in [0.29, 0.717) is 12.4 Å². The molecule has 1 unspecified atom stereocenters. The molecule has 0 spiro atoms. The number of carbonyl (C=O) groups is 1. The van der Waals surface area contributed by atoms with Gasteiger partial charge in [0.1, 0.15) is 5.82 Å². The number of aromatic nitrogens is 2. The van der Waals surface area contributed by atoms with E-state index >= 15 is 0 Å². The van der Waals surface area contributed by atoms with Crippen LogP contribution in [0.25, 0.3) is 0 Å². The van der Waals surface area contributed by atoms with Gasteiger partial charge in [-0.25, -0.2) is 14.8 Å². The largest absolute Gasteiger partial charge is 0.476 e. The van der Waals surface area contributed by atoms with Crippen molar-refractivity contribution in [2.75, 3.05) is 25.0 Å². The number of nitrogens with zero attached hydrogens (tertiary/aromatic N) is 3. The molecule has 2 aromatic rings. The zero-order valence-corrected chi connectivity index (χ0v) is 13.4. The summed E-state index contributed by atoms with van der Waals surface area (Å²) in [6.45, 7) is 6.84. The molecule has 122 valence electrons. The zero-order valence-electron chi connectivity index (χ0n) is 13.4. The van der Waals surface area contributed by atoms with Gasteiger partial charge in [0.05, 0.1) is 18.4 Å². The predicted molar refractivity (Wildman–Crippen MR) is 89.6 cm³/mol. The van der Waals surface area contributed by atoms with Crippen LogP contribution in [-0.2, 0) is 0 Å². The van der Waals surface area contributed by atoms with Crippen LogP contribution in [0, 0.1) is 0 Å². The fraction of sp³-hybridized carbons (Fsp3) is 0.353. The van der Waals surface area contributed by atoms with E-state index in [2.05, 4.69) is 46.2 Å². The van der Waals surface area contributed by atoms with Gasteiger partial charge < -0.3 is 10.4 Å². The lowest BCUT2D eigenvalue weighted by Crippen LogP contribution is -2.33. The summed E-state index contributed by atoms with van der Waals surface area (Å²) in [4.78, 5) is 21.1. The van der Waals surface area contributed by atoms with Gasteiger partial charge >= 0.3 is 5.97 Å². The monoisotopic (exact) mass is 314 g/mol. The second-order valence-corrected chi connectivity index (χ2v) is 5.12. The van der Waals surface area contributed by atoms with E-state index in [1.807, 2.05) is 18.2 Å². The van der Waals surface area contributed by atoms with E-state index in [4.69, 9.17) is 5.11 Å². The van der Waals surface area contributed by atoms with Crippen molar-refractivity contribution in [1.29, 1.82) is 0 Å². The smallest absolute Gasteiger partial charge is 0.356 e. The van der Waals surface area contributed by atoms with Crippen molar-refractivity contribution in [3.63, 3.8) is 0 Å². The minimum Gasteiger partial charge on any atom is -0.476 e. The maximum Gasteiger partial charge on any atom is 0.356 e. The molecule has 2 rings (SSSR count). The molecule has 1 heterocycles. The normalized spacial score (nSPS) is 12.1. The number of aromatic carboxylic acids is 1. The first-order valence-corrected chi connectivity index (χ1v) is 7.73.